The summed E-state index contributed by atoms with van der Waals surface area (Å²) in [5, 5.41) is 0. The molecule has 1 aromatic carbocycles. The Morgan fingerprint density at radius 3 is 2.43 bits per heavy atom. The van der Waals surface area contributed by atoms with Crippen molar-refractivity contribution >= 4 is 5.69 Å². The lowest BCUT2D eigenvalue weighted by Crippen LogP contribution is -2.07. The fraction of sp³-hybridized carbons (Fsp3) is 0.182. The van der Waals surface area contributed by atoms with Crippen molar-refractivity contribution in [2.75, 3.05) is 19.0 Å². The number of nitrogens with one attached hydrogen (secondary N) is 1. The van der Waals surface area contributed by atoms with Gasteiger partial charge < -0.3 is 9.88 Å². The first-order valence-electron chi connectivity index (χ1n) is 4.46. The summed E-state index contributed by atoms with van der Waals surface area (Å²) in [7, 11) is 4.05. The van der Waals surface area contributed by atoms with Crippen LogP contribution in [0.1, 0.15) is 0 Å². The summed E-state index contributed by atoms with van der Waals surface area (Å²) >= 11 is 0. The molecule has 0 unspecified atom stereocenters. The smallest absolute Gasteiger partial charge is 0.138 e. The maximum Gasteiger partial charge on any atom is 0.138 e. The Labute approximate surface area is 83.4 Å². The Hall–Kier alpha value is -1.77. The van der Waals surface area contributed by atoms with Gasteiger partial charge >= 0.3 is 0 Å². The summed E-state index contributed by atoms with van der Waals surface area (Å²) in [5.41, 5.74) is 2.26. The molecule has 0 atom stereocenters. The van der Waals surface area contributed by atoms with Gasteiger partial charge in [-0.1, -0.05) is 0 Å². The van der Waals surface area contributed by atoms with Gasteiger partial charge in [0, 0.05) is 31.5 Å². The van der Waals surface area contributed by atoms with E-state index in [1.54, 1.807) is 6.20 Å². The highest BCUT2D eigenvalue weighted by atomic mass is 15.1. The minimum Gasteiger partial charge on any atom is -0.378 e. The Bertz CT molecular complexity index is 387. The van der Waals surface area contributed by atoms with Crippen molar-refractivity contribution in [1.29, 1.82) is 0 Å². The Morgan fingerprint density at radius 2 is 1.93 bits per heavy atom. The molecule has 0 saturated heterocycles. The quantitative estimate of drug-likeness (QED) is 0.777. The molecule has 1 heterocycles. The second-order valence-corrected chi connectivity index (χ2v) is 3.32. The van der Waals surface area contributed by atoms with Crippen molar-refractivity contribution in [3.05, 3.63) is 36.7 Å². The zero-order chi connectivity index (χ0) is 9.97. The van der Waals surface area contributed by atoms with Crippen LogP contribution in [-0.2, 0) is 0 Å². The topological polar surface area (TPSA) is 31.9 Å². The highest BCUT2D eigenvalue weighted by Gasteiger charge is 2.00. The second kappa shape index (κ2) is 3.54. The lowest BCUT2D eigenvalue weighted by atomic mass is 10.2. The third kappa shape index (κ3) is 1.62. The van der Waals surface area contributed by atoms with E-state index in [-0.39, 0.29) is 0 Å². The standard InChI is InChI=1S/C11H12N3/c1-14(2)10-5-3-9(4-6-10)11-12-7-8-13-11/h3-7H,1-2H3,(H,12,13). The number of hydrogen-bond acceptors (Lipinski definition) is 2. The molecule has 14 heavy (non-hydrogen) atoms. The number of rotatable bonds is 2. The average molecular weight is 186 g/mol. The van der Waals surface area contributed by atoms with E-state index in [4.69, 9.17) is 0 Å². The van der Waals surface area contributed by atoms with Gasteiger partial charge in [-0.25, -0.2) is 4.98 Å². The number of H-pyrrole nitrogens is 1. The van der Waals surface area contributed by atoms with Gasteiger partial charge in [0.05, 0.1) is 0 Å². The molecule has 0 aliphatic rings. The highest BCUT2D eigenvalue weighted by molar-refractivity contribution is 5.59. The summed E-state index contributed by atoms with van der Waals surface area (Å²) in [6.45, 7) is 0. The Balaban J connectivity index is 2.31. The van der Waals surface area contributed by atoms with Gasteiger partial charge in [0.2, 0.25) is 0 Å². The predicted octanol–water partition coefficient (Wildman–Crippen LogP) is 1.94. The van der Waals surface area contributed by atoms with E-state index >= 15 is 0 Å². The molecule has 0 saturated carbocycles. The number of aromatic amines is 1. The fourth-order valence-electron chi connectivity index (χ4n) is 1.30. The van der Waals surface area contributed by atoms with Gasteiger partial charge in [-0.05, 0) is 24.3 Å². The Morgan fingerprint density at radius 1 is 1.21 bits per heavy atom. The number of nitrogens with zero attached hydrogens (tertiary/aromatic N) is 2. The SMILES string of the molecule is CN(C)c1ccc(-c2n[c]c[nH]2)cc1. The lowest BCUT2D eigenvalue weighted by molar-refractivity contribution is 1.13. The summed E-state index contributed by atoms with van der Waals surface area (Å²) in [6, 6.07) is 8.22. The number of aromatic nitrogens is 2. The zero-order valence-electron chi connectivity index (χ0n) is 8.28. The van der Waals surface area contributed by atoms with Crippen LogP contribution in [0, 0.1) is 6.20 Å². The van der Waals surface area contributed by atoms with Gasteiger partial charge in [-0.15, -0.1) is 0 Å². The monoisotopic (exact) mass is 186 g/mol. The van der Waals surface area contributed by atoms with Crippen LogP contribution in [0.15, 0.2) is 30.5 Å². The summed E-state index contributed by atoms with van der Waals surface area (Å²) in [5.74, 6) is 0.857. The highest BCUT2D eigenvalue weighted by Crippen LogP contribution is 2.18. The van der Waals surface area contributed by atoms with Crippen LogP contribution in [0.5, 0.6) is 0 Å². The predicted molar refractivity (Wildman–Crippen MR) is 57.2 cm³/mol. The molecular formula is C11H12N3. The molecule has 3 heteroatoms. The molecule has 71 valence electrons. The number of benzene rings is 1. The van der Waals surface area contributed by atoms with Crippen LogP contribution in [0.4, 0.5) is 5.69 Å². The fourth-order valence-corrected chi connectivity index (χ4v) is 1.30. The maximum absolute atomic E-state index is 4.07. The molecule has 1 N–H and O–H groups in total. The molecule has 0 aliphatic carbocycles. The summed E-state index contributed by atoms with van der Waals surface area (Å²) < 4.78 is 0. The minimum atomic E-state index is 0.857. The van der Waals surface area contributed by atoms with Crippen molar-refractivity contribution in [1.82, 2.24) is 9.97 Å². The third-order valence-corrected chi connectivity index (χ3v) is 2.11. The number of hydrogen-bond donors (Lipinski definition) is 1. The number of anilines is 1. The molecule has 0 spiro atoms. The van der Waals surface area contributed by atoms with Crippen molar-refractivity contribution in [3.63, 3.8) is 0 Å². The first-order valence-corrected chi connectivity index (χ1v) is 4.46. The van der Waals surface area contributed by atoms with Gasteiger partial charge in [-0.2, -0.15) is 0 Å². The Kier molecular flexibility index (Phi) is 2.23. The maximum atomic E-state index is 4.07. The molecule has 3 nitrogen and oxygen atoms in total. The van der Waals surface area contributed by atoms with Crippen molar-refractivity contribution in [2.24, 2.45) is 0 Å². The van der Waals surface area contributed by atoms with Crippen molar-refractivity contribution in [3.8, 4) is 11.4 Å². The molecule has 0 bridgehead atoms. The lowest BCUT2D eigenvalue weighted by Gasteiger charge is -2.11. The van der Waals surface area contributed by atoms with Gasteiger partial charge in [0.1, 0.15) is 12.0 Å². The molecule has 1 aromatic heterocycles. The van der Waals surface area contributed by atoms with E-state index in [1.165, 1.54) is 5.69 Å². The van der Waals surface area contributed by atoms with Gasteiger partial charge in [0.25, 0.3) is 0 Å². The largest absolute Gasteiger partial charge is 0.378 e. The first-order chi connectivity index (χ1) is 6.77. The van der Waals surface area contributed by atoms with E-state index in [0.717, 1.165) is 11.4 Å². The van der Waals surface area contributed by atoms with Gasteiger partial charge in [0.15, 0.2) is 0 Å². The third-order valence-electron chi connectivity index (χ3n) is 2.11. The number of imidazole rings is 1. The van der Waals surface area contributed by atoms with Crippen LogP contribution < -0.4 is 4.90 Å². The van der Waals surface area contributed by atoms with Gasteiger partial charge in [-0.3, -0.25) is 0 Å². The van der Waals surface area contributed by atoms with Crippen LogP contribution in [0.2, 0.25) is 0 Å². The second-order valence-electron chi connectivity index (χ2n) is 3.32. The average Bonchev–Trinajstić information content (AvgIpc) is 2.71. The molecular weight excluding hydrogens is 174 g/mol. The minimum absolute atomic E-state index is 0.857. The molecule has 2 aromatic rings. The van der Waals surface area contributed by atoms with E-state index in [9.17, 15) is 0 Å². The van der Waals surface area contributed by atoms with Crippen LogP contribution >= 0.6 is 0 Å². The molecule has 1 radical (unpaired) electrons. The molecule has 0 aliphatic heterocycles. The van der Waals surface area contributed by atoms with Crippen LogP contribution in [0.3, 0.4) is 0 Å². The van der Waals surface area contributed by atoms with E-state index in [2.05, 4.69) is 33.2 Å². The zero-order valence-corrected chi connectivity index (χ0v) is 8.28. The first kappa shape index (κ1) is 8.81. The molecule has 0 amide bonds. The van der Waals surface area contributed by atoms with Crippen LogP contribution in [0.25, 0.3) is 11.4 Å². The van der Waals surface area contributed by atoms with E-state index < -0.39 is 0 Å². The van der Waals surface area contributed by atoms with Crippen molar-refractivity contribution < 1.29 is 0 Å². The van der Waals surface area contributed by atoms with Crippen molar-refractivity contribution in [2.45, 2.75) is 0 Å². The summed E-state index contributed by atoms with van der Waals surface area (Å²) in [6.07, 6.45) is 4.45. The molecule has 2 rings (SSSR count). The summed E-state index contributed by atoms with van der Waals surface area (Å²) in [4.78, 5) is 9.16. The van der Waals surface area contributed by atoms with Crippen LogP contribution in [-0.4, -0.2) is 24.1 Å². The van der Waals surface area contributed by atoms with E-state index in [1.807, 2.05) is 26.2 Å². The molecule has 0 fully saturated rings. The normalized spacial score (nSPS) is 10.1. The van der Waals surface area contributed by atoms with E-state index in [0.29, 0.717) is 0 Å².